The van der Waals surface area contributed by atoms with Crippen molar-refractivity contribution in [1.29, 1.82) is 0 Å². The maximum Gasteiger partial charge on any atom is 0.328 e. The van der Waals surface area contributed by atoms with Gasteiger partial charge in [-0.15, -0.1) is 5.75 Å². The van der Waals surface area contributed by atoms with Crippen molar-refractivity contribution in [2.75, 3.05) is 7.11 Å². The Hall–Kier alpha value is -2.23. The van der Waals surface area contributed by atoms with Gasteiger partial charge in [0.15, 0.2) is 0 Å². The Balaban J connectivity index is 3.15. The summed E-state index contributed by atoms with van der Waals surface area (Å²) in [5.74, 6) is -0.509. The molecule has 4 nitrogen and oxygen atoms in total. The molecule has 96 valence electrons. The minimum atomic E-state index is -1.01. The molecule has 4 heteroatoms. The highest BCUT2D eigenvalue weighted by atomic mass is 16.5. The summed E-state index contributed by atoms with van der Waals surface area (Å²) < 4.78 is 5.19. The fourth-order valence-electron chi connectivity index (χ4n) is 1.58. The van der Waals surface area contributed by atoms with Crippen LogP contribution in [0.15, 0.2) is 36.4 Å². The summed E-state index contributed by atoms with van der Waals surface area (Å²) in [6.45, 7) is 1.93. The second-order valence-corrected chi connectivity index (χ2v) is 3.60. The Kier molecular flexibility index (Phi) is 4.99. The van der Waals surface area contributed by atoms with Gasteiger partial charge in [0.25, 0.3) is 0 Å². The van der Waals surface area contributed by atoms with Gasteiger partial charge in [-0.1, -0.05) is 31.2 Å². The molecule has 1 rings (SSSR count). The van der Waals surface area contributed by atoms with E-state index in [0.29, 0.717) is 17.7 Å². The van der Waals surface area contributed by atoms with Crippen molar-refractivity contribution in [3.05, 3.63) is 42.0 Å². The van der Waals surface area contributed by atoms with E-state index in [1.807, 2.05) is 6.92 Å². The molecular formula is C14H15O4-. The normalized spacial score (nSPS) is 11.8. The highest BCUT2D eigenvalue weighted by Crippen LogP contribution is 2.30. The molecule has 0 radical (unpaired) electrons. The van der Waals surface area contributed by atoms with Gasteiger partial charge >= 0.3 is 5.97 Å². The molecule has 0 atom stereocenters. The molecule has 0 spiro atoms. The first kappa shape index (κ1) is 13.8. The molecule has 0 bridgehead atoms. The van der Waals surface area contributed by atoms with Crippen LogP contribution in [0.3, 0.4) is 0 Å². The first-order valence-corrected chi connectivity index (χ1v) is 5.54. The van der Waals surface area contributed by atoms with E-state index in [1.165, 1.54) is 25.3 Å². The molecule has 0 heterocycles. The molecule has 18 heavy (non-hydrogen) atoms. The minimum absolute atomic E-state index is 0.104. The molecule has 0 aromatic heterocycles. The summed E-state index contributed by atoms with van der Waals surface area (Å²) in [7, 11) is 1.53. The fraction of sp³-hybridized carbons (Fsp3) is 0.214. The molecule has 1 aromatic carbocycles. The molecule has 0 fully saturated rings. The van der Waals surface area contributed by atoms with E-state index in [0.717, 1.165) is 11.6 Å². The van der Waals surface area contributed by atoms with E-state index in [2.05, 4.69) is 0 Å². The number of hydrogen-bond donors (Lipinski definition) is 1. The van der Waals surface area contributed by atoms with Crippen molar-refractivity contribution in [2.24, 2.45) is 0 Å². The molecule has 0 aliphatic heterocycles. The molecule has 1 N–H and O–H groups in total. The smallest absolute Gasteiger partial charge is 0.328 e. The average molecular weight is 247 g/mol. The van der Waals surface area contributed by atoms with E-state index in [9.17, 15) is 9.90 Å². The number of carbonyl (C=O) groups is 1. The highest BCUT2D eigenvalue weighted by molar-refractivity contribution is 5.81. The summed E-state index contributed by atoms with van der Waals surface area (Å²) >= 11 is 0. The predicted octanol–water partition coefficient (Wildman–Crippen LogP) is 2.20. The van der Waals surface area contributed by atoms with E-state index < -0.39 is 5.97 Å². The van der Waals surface area contributed by atoms with Crippen LogP contribution in [0.2, 0.25) is 0 Å². The van der Waals surface area contributed by atoms with Crippen LogP contribution in [0, 0.1) is 0 Å². The Morgan fingerprint density at radius 2 is 2.22 bits per heavy atom. The maximum absolute atomic E-state index is 11.4. The molecule has 0 saturated heterocycles. The number of methoxy groups -OCH3 is 1. The van der Waals surface area contributed by atoms with Gasteiger partial charge in [0.1, 0.15) is 5.75 Å². The summed E-state index contributed by atoms with van der Waals surface area (Å²) in [6.07, 6.45) is 4.83. The van der Waals surface area contributed by atoms with Gasteiger partial charge in [0.05, 0.1) is 7.11 Å². The lowest BCUT2D eigenvalue weighted by atomic mass is 10.0. The predicted molar refractivity (Wildman–Crippen MR) is 67.5 cm³/mol. The largest absolute Gasteiger partial charge is 0.872 e. The van der Waals surface area contributed by atoms with Gasteiger partial charge < -0.3 is 14.9 Å². The van der Waals surface area contributed by atoms with Crippen LogP contribution in [0.5, 0.6) is 11.5 Å². The van der Waals surface area contributed by atoms with Gasteiger partial charge in [-0.2, -0.15) is 0 Å². The second kappa shape index (κ2) is 6.49. The van der Waals surface area contributed by atoms with Gasteiger partial charge in [0, 0.05) is 11.6 Å². The molecular weight excluding hydrogens is 232 g/mol. The van der Waals surface area contributed by atoms with Crippen LogP contribution in [0.25, 0.3) is 5.57 Å². The van der Waals surface area contributed by atoms with Crippen molar-refractivity contribution in [3.63, 3.8) is 0 Å². The Morgan fingerprint density at radius 1 is 1.50 bits per heavy atom. The number of allylic oxidation sites excluding steroid dienone is 3. The monoisotopic (exact) mass is 247 g/mol. The SMILES string of the molecule is CC/C(=C/C=C/C(=O)O)c1cc([O-])ccc1OC. The molecule has 0 saturated carbocycles. The van der Waals surface area contributed by atoms with E-state index >= 15 is 0 Å². The van der Waals surface area contributed by atoms with Crippen LogP contribution in [0.4, 0.5) is 0 Å². The number of benzene rings is 1. The summed E-state index contributed by atoms with van der Waals surface area (Å²) in [4.78, 5) is 10.4. The van der Waals surface area contributed by atoms with Crippen molar-refractivity contribution in [2.45, 2.75) is 13.3 Å². The van der Waals surface area contributed by atoms with Crippen LogP contribution >= 0.6 is 0 Å². The lowest BCUT2D eigenvalue weighted by Gasteiger charge is -2.14. The zero-order valence-corrected chi connectivity index (χ0v) is 10.3. The first-order valence-electron chi connectivity index (χ1n) is 5.54. The third-order valence-electron chi connectivity index (χ3n) is 2.43. The molecule has 0 amide bonds. The highest BCUT2D eigenvalue weighted by Gasteiger charge is 2.05. The Morgan fingerprint density at radius 3 is 2.78 bits per heavy atom. The topological polar surface area (TPSA) is 69.6 Å². The van der Waals surface area contributed by atoms with Crippen LogP contribution in [-0.2, 0) is 4.79 Å². The maximum atomic E-state index is 11.4. The standard InChI is InChI=1S/C14H16O4/c1-3-10(5-4-6-14(16)17)12-9-11(15)7-8-13(12)18-2/h4-9,15H,3H2,1-2H3,(H,16,17)/p-1/b6-4+,10-5-. The van der Waals surface area contributed by atoms with E-state index in [1.54, 1.807) is 12.1 Å². The van der Waals surface area contributed by atoms with Crippen molar-refractivity contribution in [1.82, 2.24) is 0 Å². The third-order valence-corrected chi connectivity index (χ3v) is 2.43. The van der Waals surface area contributed by atoms with Crippen molar-refractivity contribution < 1.29 is 19.7 Å². The average Bonchev–Trinajstić information content (AvgIpc) is 2.34. The van der Waals surface area contributed by atoms with Crippen LogP contribution < -0.4 is 9.84 Å². The number of rotatable bonds is 5. The lowest BCUT2D eigenvalue weighted by molar-refractivity contribution is -0.268. The molecule has 0 aliphatic carbocycles. The van der Waals surface area contributed by atoms with Gasteiger partial charge in [0.2, 0.25) is 0 Å². The van der Waals surface area contributed by atoms with Crippen molar-refractivity contribution >= 4 is 11.5 Å². The summed E-state index contributed by atoms with van der Waals surface area (Å²) in [6, 6.07) is 4.54. The fourth-order valence-corrected chi connectivity index (χ4v) is 1.58. The quantitative estimate of drug-likeness (QED) is 0.639. The van der Waals surface area contributed by atoms with E-state index in [-0.39, 0.29) is 5.75 Å². The van der Waals surface area contributed by atoms with E-state index in [4.69, 9.17) is 9.84 Å². The first-order chi connectivity index (χ1) is 8.58. The zero-order valence-electron chi connectivity index (χ0n) is 10.3. The summed E-state index contributed by atoms with van der Waals surface area (Å²) in [5.41, 5.74) is 1.55. The molecule has 0 aliphatic rings. The minimum Gasteiger partial charge on any atom is -0.872 e. The summed E-state index contributed by atoms with van der Waals surface area (Å²) in [5, 5.41) is 19.9. The van der Waals surface area contributed by atoms with Crippen LogP contribution in [-0.4, -0.2) is 18.2 Å². The third kappa shape index (κ3) is 3.66. The lowest BCUT2D eigenvalue weighted by Crippen LogP contribution is -1.95. The van der Waals surface area contributed by atoms with Gasteiger partial charge in [-0.05, 0) is 18.1 Å². The number of aliphatic carboxylic acids is 1. The number of hydrogen-bond acceptors (Lipinski definition) is 3. The number of carboxylic acid groups (broad SMARTS) is 1. The second-order valence-electron chi connectivity index (χ2n) is 3.60. The van der Waals surface area contributed by atoms with Gasteiger partial charge in [-0.25, -0.2) is 4.79 Å². The molecule has 0 unspecified atom stereocenters. The van der Waals surface area contributed by atoms with Gasteiger partial charge in [-0.3, -0.25) is 0 Å². The Labute approximate surface area is 106 Å². The van der Waals surface area contributed by atoms with Crippen LogP contribution in [0.1, 0.15) is 18.9 Å². The van der Waals surface area contributed by atoms with Crippen molar-refractivity contribution in [3.8, 4) is 11.5 Å². The molecule has 1 aromatic rings. The number of carboxylic acids is 1. The number of ether oxygens (including phenoxy) is 1. The zero-order chi connectivity index (χ0) is 13.5. The Bertz CT molecular complexity index is 487.